The lowest BCUT2D eigenvalue weighted by Crippen LogP contribution is -2.90. The van der Waals surface area contributed by atoms with Crippen molar-refractivity contribution in [2.24, 2.45) is 22.2 Å². The van der Waals surface area contributed by atoms with Gasteiger partial charge in [-0.3, -0.25) is 25.2 Å². The van der Waals surface area contributed by atoms with E-state index in [4.69, 9.17) is 17.2 Å². The molecule has 1 spiro atoms. The molecule has 32 heavy (non-hydrogen) atoms. The lowest BCUT2D eigenvalue weighted by molar-refractivity contribution is -0.519. The lowest BCUT2D eigenvalue weighted by atomic mass is 9.84. The van der Waals surface area contributed by atoms with Gasteiger partial charge in [-0.1, -0.05) is 12.1 Å². The van der Waals surface area contributed by atoms with Crippen LogP contribution in [0.25, 0.3) is 0 Å². The van der Waals surface area contributed by atoms with Crippen molar-refractivity contribution >= 4 is 23.7 Å². The quantitative estimate of drug-likeness (QED) is 0.212. The normalized spacial score (nSPS) is 32.1. The van der Waals surface area contributed by atoms with Crippen molar-refractivity contribution in [2.75, 3.05) is 6.54 Å². The molecule has 1 aromatic carbocycles. The van der Waals surface area contributed by atoms with E-state index in [0.717, 1.165) is 36.8 Å². The zero-order valence-corrected chi connectivity index (χ0v) is 17.3. The molecule has 0 radical (unpaired) electrons. The standard InChI is InChI=1S/C20H26N8O4/c21-15(29)13-14-19(27-17(22)26-14)20(31,32)12(8-28(19)18(23)25-13)24-16(30)11-7-3-5-9-4-1-2-6-10(9)11/h3,5,7,12-14,31-32H,1-2,4,6,8H2,(H2,21,29)(H2,23,25)(H,24,30)(H3,22,26,27)/p+1/t12-,13+,14-,19-/m0/s1. The number of nitrogens with two attached hydrogens (primary N) is 3. The van der Waals surface area contributed by atoms with Gasteiger partial charge in [0.1, 0.15) is 6.04 Å². The summed E-state index contributed by atoms with van der Waals surface area (Å²) in [6, 6.07) is 2.19. The summed E-state index contributed by atoms with van der Waals surface area (Å²) in [6.07, 6.45) is 3.78. The fourth-order valence-electron chi connectivity index (χ4n) is 5.54. The predicted molar refractivity (Wildman–Crippen MR) is 113 cm³/mol. The fraction of sp³-hybridized carbons (Fsp3) is 0.500. The minimum absolute atomic E-state index is 0.00716. The monoisotopic (exact) mass is 443 g/mol. The van der Waals surface area contributed by atoms with Crippen LogP contribution in [0.1, 0.15) is 34.3 Å². The molecule has 0 bridgehead atoms. The van der Waals surface area contributed by atoms with Gasteiger partial charge in [-0.05, 0) is 42.9 Å². The summed E-state index contributed by atoms with van der Waals surface area (Å²) < 4.78 is 0. The Hall–Kier alpha value is -3.38. The molecule has 0 aromatic heterocycles. The van der Waals surface area contributed by atoms with Gasteiger partial charge in [0.05, 0.1) is 6.54 Å². The van der Waals surface area contributed by atoms with Crippen LogP contribution in [0.3, 0.4) is 0 Å². The topological polar surface area (TPSA) is 206 Å². The highest BCUT2D eigenvalue weighted by Gasteiger charge is 2.77. The van der Waals surface area contributed by atoms with Crippen LogP contribution in [0.15, 0.2) is 23.2 Å². The van der Waals surface area contributed by atoms with E-state index in [2.05, 4.69) is 20.6 Å². The first-order chi connectivity index (χ1) is 15.2. The van der Waals surface area contributed by atoms with Crippen molar-refractivity contribution in [1.29, 1.82) is 0 Å². The number of primary amides is 1. The molecule has 2 amide bonds. The Morgan fingerprint density at radius 2 is 2.00 bits per heavy atom. The molecule has 1 aliphatic carbocycles. The molecule has 3 heterocycles. The summed E-state index contributed by atoms with van der Waals surface area (Å²) in [4.78, 5) is 33.6. The van der Waals surface area contributed by atoms with E-state index in [1.54, 1.807) is 6.07 Å². The van der Waals surface area contributed by atoms with Crippen molar-refractivity contribution in [3.05, 3.63) is 34.9 Å². The van der Waals surface area contributed by atoms with Crippen LogP contribution in [0.4, 0.5) is 0 Å². The molecule has 0 unspecified atom stereocenters. The average Bonchev–Trinajstić information content (AvgIpc) is 3.22. The number of fused-ring (bicyclic) bond motifs is 1. The zero-order chi connectivity index (χ0) is 22.8. The number of nitrogens with one attached hydrogen (secondary N) is 3. The van der Waals surface area contributed by atoms with Crippen LogP contribution in [-0.2, 0) is 17.6 Å². The van der Waals surface area contributed by atoms with Crippen molar-refractivity contribution in [2.45, 2.75) is 55.3 Å². The second-order valence-corrected chi connectivity index (χ2v) is 8.77. The summed E-state index contributed by atoms with van der Waals surface area (Å²) in [5.41, 5.74) is 18.3. The third-order valence-corrected chi connectivity index (χ3v) is 7.03. The maximum absolute atomic E-state index is 13.2. The Morgan fingerprint density at radius 1 is 1.25 bits per heavy atom. The van der Waals surface area contributed by atoms with E-state index in [9.17, 15) is 19.8 Å². The number of carbonyl (C=O) groups excluding carboxylic acids is 2. The fourth-order valence-corrected chi connectivity index (χ4v) is 5.54. The Bertz CT molecular complexity index is 1070. The van der Waals surface area contributed by atoms with Crippen LogP contribution < -0.4 is 32.8 Å². The maximum Gasteiger partial charge on any atom is 0.343 e. The minimum atomic E-state index is -2.58. The van der Waals surface area contributed by atoms with E-state index in [-0.39, 0.29) is 18.5 Å². The molecule has 1 aromatic rings. The molecule has 12 nitrogen and oxygen atoms in total. The first-order valence-electron chi connectivity index (χ1n) is 10.6. The number of rotatable bonds is 3. The van der Waals surface area contributed by atoms with Gasteiger partial charge in [-0.25, -0.2) is 10.3 Å². The number of aliphatic imine (C=N–C) groups is 1. The first kappa shape index (κ1) is 20.5. The largest absolute Gasteiger partial charge is 0.370 e. The van der Waals surface area contributed by atoms with Crippen LogP contribution >= 0.6 is 0 Å². The van der Waals surface area contributed by atoms with Gasteiger partial charge >= 0.3 is 5.96 Å². The third-order valence-electron chi connectivity index (χ3n) is 7.03. The van der Waals surface area contributed by atoms with E-state index in [0.29, 0.717) is 5.56 Å². The molecule has 170 valence electrons. The summed E-state index contributed by atoms with van der Waals surface area (Å²) in [6.45, 7) is -0.0763. The van der Waals surface area contributed by atoms with E-state index in [1.165, 1.54) is 4.90 Å². The van der Waals surface area contributed by atoms with Crippen LogP contribution in [0.2, 0.25) is 0 Å². The highest BCUT2D eigenvalue weighted by atomic mass is 16.5. The van der Waals surface area contributed by atoms with Crippen molar-refractivity contribution in [1.82, 2.24) is 15.5 Å². The highest BCUT2D eigenvalue weighted by molar-refractivity contribution is 5.97. The van der Waals surface area contributed by atoms with Gasteiger partial charge in [0.2, 0.25) is 11.7 Å². The van der Waals surface area contributed by atoms with Gasteiger partial charge in [-0.15, -0.1) is 0 Å². The molecule has 12 heteroatoms. The molecule has 1 fully saturated rings. The SMILES string of the molecule is NC(=O)[C@@H]1N=C(N)N2C[C@H](NC(=O)c3cccc4c3CCCC4)C(O)(O)[C@@]23NC(N)=[NH+][C@@H]13. The maximum atomic E-state index is 13.2. The molecule has 0 saturated carbocycles. The van der Waals surface area contributed by atoms with Crippen molar-refractivity contribution in [3.63, 3.8) is 0 Å². The second-order valence-electron chi connectivity index (χ2n) is 8.77. The van der Waals surface area contributed by atoms with E-state index < -0.39 is 41.4 Å². The molecule has 11 N–H and O–H groups in total. The molecule has 3 aliphatic heterocycles. The number of benzene rings is 1. The molecular weight excluding hydrogens is 416 g/mol. The Kier molecular flexibility index (Phi) is 4.37. The number of hydrogen-bond donors (Lipinski definition) is 8. The number of amides is 2. The van der Waals surface area contributed by atoms with Crippen molar-refractivity contribution < 1.29 is 24.8 Å². The van der Waals surface area contributed by atoms with Crippen molar-refractivity contribution in [3.8, 4) is 0 Å². The van der Waals surface area contributed by atoms with Crippen LogP contribution in [-0.4, -0.2) is 75.0 Å². The first-order valence-corrected chi connectivity index (χ1v) is 10.6. The van der Waals surface area contributed by atoms with Gasteiger partial charge < -0.3 is 27.0 Å². The van der Waals surface area contributed by atoms with E-state index >= 15 is 0 Å². The average molecular weight is 443 g/mol. The molecule has 4 aliphatic rings. The highest BCUT2D eigenvalue weighted by Crippen LogP contribution is 2.41. The number of aliphatic hydroxyl groups is 2. The summed E-state index contributed by atoms with van der Waals surface area (Å²) in [5.74, 6) is -3.91. The molecule has 1 saturated heterocycles. The lowest BCUT2D eigenvalue weighted by Gasteiger charge is -2.45. The number of aryl methyl sites for hydroxylation is 1. The predicted octanol–water partition coefficient (Wildman–Crippen LogP) is -5.09. The van der Waals surface area contributed by atoms with E-state index in [1.807, 2.05) is 12.1 Å². The summed E-state index contributed by atoms with van der Waals surface area (Å²) in [7, 11) is 0. The number of carbonyl (C=O) groups is 2. The van der Waals surface area contributed by atoms with Gasteiger partial charge in [-0.2, -0.15) is 0 Å². The molecular formula is C20H27N8O4+. The smallest absolute Gasteiger partial charge is 0.343 e. The van der Waals surface area contributed by atoms with Gasteiger partial charge in [0.15, 0.2) is 18.0 Å². The van der Waals surface area contributed by atoms with Crippen LogP contribution in [0, 0.1) is 0 Å². The number of hydrogen-bond acceptors (Lipinski definition) is 9. The zero-order valence-electron chi connectivity index (χ0n) is 17.3. The molecule has 5 rings (SSSR count). The van der Waals surface area contributed by atoms with Crippen LogP contribution in [0.5, 0.6) is 0 Å². The Morgan fingerprint density at radius 3 is 2.75 bits per heavy atom. The second kappa shape index (κ2) is 6.81. The minimum Gasteiger partial charge on any atom is -0.370 e. The van der Waals surface area contributed by atoms with Gasteiger partial charge in [0, 0.05) is 5.56 Å². The third kappa shape index (κ3) is 2.62. The summed E-state index contributed by atoms with van der Waals surface area (Å²) >= 11 is 0. The Labute approximate surface area is 183 Å². The Balaban J connectivity index is 1.49. The molecule has 4 atom stereocenters. The van der Waals surface area contributed by atoms with Gasteiger partial charge in [0.25, 0.3) is 11.6 Å². The number of nitrogens with zero attached hydrogens (tertiary/aromatic N) is 2. The summed E-state index contributed by atoms with van der Waals surface area (Å²) in [5, 5.41) is 28.3. The number of guanidine groups is 2.